The minimum absolute atomic E-state index is 0.200. The molecule has 0 aliphatic rings. The van der Waals surface area contributed by atoms with E-state index in [1.807, 2.05) is 19.0 Å². The van der Waals surface area contributed by atoms with E-state index in [0.717, 1.165) is 12.1 Å². The molecule has 1 heterocycles. The molecule has 1 N–H and O–H groups in total. The Hall–Kier alpha value is -1.27. The van der Waals surface area contributed by atoms with Crippen LogP contribution in [0, 0.1) is 5.41 Å². The molecule has 6 heteroatoms. The minimum atomic E-state index is -0.200. The van der Waals surface area contributed by atoms with Gasteiger partial charge in [0.1, 0.15) is 6.61 Å². The van der Waals surface area contributed by atoms with Crippen molar-refractivity contribution in [3.8, 4) is 5.88 Å². The molecule has 5 nitrogen and oxygen atoms in total. The molecule has 104 valence electrons. The van der Waals surface area contributed by atoms with Crippen molar-refractivity contribution in [3.05, 3.63) is 23.9 Å². The largest absolute Gasteiger partial charge is 0.476 e. The second-order valence-electron chi connectivity index (χ2n) is 4.26. The van der Waals surface area contributed by atoms with E-state index in [-0.39, 0.29) is 4.83 Å². The molecule has 1 rings (SSSR count). The fourth-order valence-electron chi connectivity index (χ4n) is 1.35. The predicted molar refractivity (Wildman–Crippen MR) is 82.2 cm³/mol. The Bertz CT molecular complexity index is 448. The second-order valence-corrected chi connectivity index (χ2v) is 5.24. The van der Waals surface area contributed by atoms with E-state index < -0.39 is 0 Å². The second kappa shape index (κ2) is 8.01. The van der Waals surface area contributed by atoms with Gasteiger partial charge in [0.2, 0.25) is 5.88 Å². The van der Waals surface area contributed by atoms with Gasteiger partial charge < -0.3 is 15.0 Å². The van der Waals surface area contributed by atoms with Crippen molar-refractivity contribution in [3.63, 3.8) is 0 Å². The van der Waals surface area contributed by atoms with Gasteiger partial charge in [-0.1, -0.05) is 15.9 Å². The molecular formula is C13H19BrN4O. The number of halogens is 1. The van der Waals surface area contributed by atoms with Crippen molar-refractivity contribution in [2.45, 2.75) is 4.83 Å². The van der Waals surface area contributed by atoms with Gasteiger partial charge in [0, 0.05) is 37.6 Å². The summed E-state index contributed by atoms with van der Waals surface area (Å²) in [5.74, 6) is 0.539. The molecule has 0 radical (unpaired) electrons. The van der Waals surface area contributed by atoms with Crippen LogP contribution < -0.4 is 4.74 Å². The van der Waals surface area contributed by atoms with Gasteiger partial charge in [-0.25, -0.2) is 4.98 Å². The van der Waals surface area contributed by atoms with Gasteiger partial charge in [0.25, 0.3) is 0 Å². The summed E-state index contributed by atoms with van der Waals surface area (Å²) in [6.07, 6.45) is 3.33. The molecule has 0 saturated carbocycles. The first-order valence-electron chi connectivity index (χ1n) is 5.93. The molecule has 1 aromatic rings. The number of ether oxygens (including phenoxy) is 1. The molecule has 1 atom stereocenters. The molecule has 0 aromatic carbocycles. The van der Waals surface area contributed by atoms with E-state index in [4.69, 9.17) is 10.1 Å². The molecule has 0 saturated heterocycles. The van der Waals surface area contributed by atoms with Gasteiger partial charge in [-0.15, -0.1) is 0 Å². The summed E-state index contributed by atoms with van der Waals surface area (Å²) in [6, 6.07) is 3.56. The van der Waals surface area contributed by atoms with Crippen LogP contribution in [-0.4, -0.2) is 60.9 Å². The predicted octanol–water partition coefficient (Wildman–Crippen LogP) is 1.85. The van der Waals surface area contributed by atoms with Crippen LogP contribution in [0.4, 0.5) is 0 Å². The molecule has 1 aromatic heterocycles. The highest BCUT2D eigenvalue weighted by molar-refractivity contribution is 9.10. The maximum Gasteiger partial charge on any atom is 0.213 e. The maximum atomic E-state index is 8.05. The molecule has 0 fully saturated rings. The lowest BCUT2D eigenvalue weighted by atomic mass is 10.1. The number of nitrogens with one attached hydrogen (secondary N) is 1. The maximum absolute atomic E-state index is 8.05. The fraction of sp³-hybridized carbons (Fsp3) is 0.462. The lowest BCUT2D eigenvalue weighted by molar-refractivity contribution is 0.254. The Morgan fingerprint density at radius 3 is 3.00 bits per heavy atom. The Morgan fingerprint density at radius 1 is 1.63 bits per heavy atom. The monoisotopic (exact) mass is 326 g/mol. The van der Waals surface area contributed by atoms with Gasteiger partial charge in [0.05, 0.1) is 10.5 Å². The van der Waals surface area contributed by atoms with Crippen LogP contribution in [0.5, 0.6) is 5.88 Å². The third-order valence-electron chi connectivity index (χ3n) is 2.39. The van der Waals surface area contributed by atoms with Crippen molar-refractivity contribution < 1.29 is 4.74 Å². The van der Waals surface area contributed by atoms with Crippen LogP contribution in [0.25, 0.3) is 0 Å². The van der Waals surface area contributed by atoms with Gasteiger partial charge in [0.15, 0.2) is 0 Å². The summed E-state index contributed by atoms with van der Waals surface area (Å²) < 4.78 is 5.55. The highest BCUT2D eigenvalue weighted by atomic mass is 79.9. The number of nitrogens with zero attached hydrogens (tertiary/aromatic N) is 3. The summed E-state index contributed by atoms with van der Waals surface area (Å²) >= 11 is 3.39. The standard InChI is InChI=1S/C13H19BrN4O/c1-16-9-11(14)13(15)10-4-5-17-12(8-10)19-7-6-18(2)3/h4-5,8-9,11,15H,6-7H2,1-3H3. The van der Waals surface area contributed by atoms with E-state index in [0.29, 0.717) is 18.2 Å². The zero-order chi connectivity index (χ0) is 14.3. The fourth-order valence-corrected chi connectivity index (χ4v) is 1.85. The quantitative estimate of drug-likeness (QED) is 0.614. The van der Waals surface area contributed by atoms with Crippen LogP contribution >= 0.6 is 15.9 Å². The molecule has 0 aliphatic carbocycles. The van der Waals surface area contributed by atoms with Crippen molar-refractivity contribution in [2.24, 2.45) is 4.99 Å². The van der Waals surface area contributed by atoms with Gasteiger partial charge in [-0.2, -0.15) is 0 Å². The zero-order valence-electron chi connectivity index (χ0n) is 11.4. The van der Waals surface area contributed by atoms with E-state index in [1.54, 1.807) is 31.6 Å². The van der Waals surface area contributed by atoms with Gasteiger partial charge in [-0.3, -0.25) is 4.99 Å². The van der Waals surface area contributed by atoms with Crippen molar-refractivity contribution in [1.82, 2.24) is 9.88 Å². The number of aliphatic imine (C=N–C) groups is 1. The van der Waals surface area contributed by atoms with Crippen LogP contribution in [0.1, 0.15) is 5.56 Å². The highest BCUT2D eigenvalue weighted by Crippen LogP contribution is 2.13. The summed E-state index contributed by atoms with van der Waals surface area (Å²) in [5.41, 5.74) is 1.21. The molecule has 0 amide bonds. The summed E-state index contributed by atoms with van der Waals surface area (Å²) in [6.45, 7) is 1.40. The normalized spacial score (nSPS) is 12.9. The van der Waals surface area contributed by atoms with E-state index in [1.165, 1.54) is 0 Å². The number of likely N-dealkylation sites (N-methyl/N-ethyl adjacent to an activating group) is 1. The molecule has 1 unspecified atom stereocenters. The first-order chi connectivity index (χ1) is 9.04. The van der Waals surface area contributed by atoms with E-state index in [2.05, 4.69) is 25.9 Å². The van der Waals surface area contributed by atoms with Crippen molar-refractivity contribution in [1.29, 1.82) is 5.41 Å². The first-order valence-corrected chi connectivity index (χ1v) is 6.85. The number of hydrogen-bond acceptors (Lipinski definition) is 5. The van der Waals surface area contributed by atoms with Gasteiger partial charge in [-0.05, 0) is 20.2 Å². The average molecular weight is 327 g/mol. The number of hydrogen-bond donors (Lipinski definition) is 1. The molecule has 19 heavy (non-hydrogen) atoms. The van der Waals surface area contributed by atoms with Crippen molar-refractivity contribution in [2.75, 3.05) is 34.3 Å². The lowest BCUT2D eigenvalue weighted by Crippen LogP contribution is -2.20. The summed E-state index contributed by atoms with van der Waals surface area (Å²) in [5, 5.41) is 8.05. The smallest absolute Gasteiger partial charge is 0.213 e. The Labute approximate surface area is 122 Å². The Kier molecular flexibility index (Phi) is 6.66. The topological polar surface area (TPSA) is 61.6 Å². The lowest BCUT2D eigenvalue weighted by Gasteiger charge is -2.11. The molecular weight excluding hydrogens is 308 g/mol. The summed E-state index contributed by atoms with van der Waals surface area (Å²) in [7, 11) is 5.66. The number of alkyl halides is 1. The SMILES string of the molecule is CN=CC(Br)C(=N)c1ccnc(OCCN(C)C)c1. The molecule has 0 spiro atoms. The van der Waals surface area contributed by atoms with Crippen LogP contribution in [-0.2, 0) is 0 Å². The number of rotatable bonds is 7. The highest BCUT2D eigenvalue weighted by Gasteiger charge is 2.11. The van der Waals surface area contributed by atoms with E-state index in [9.17, 15) is 0 Å². The number of aromatic nitrogens is 1. The first kappa shape index (κ1) is 15.8. The van der Waals surface area contributed by atoms with Crippen LogP contribution in [0.2, 0.25) is 0 Å². The van der Waals surface area contributed by atoms with Crippen LogP contribution in [0.15, 0.2) is 23.3 Å². The molecule has 0 bridgehead atoms. The third-order valence-corrected chi connectivity index (χ3v) is 3.08. The Balaban J connectivity index is 2.68. The van der Waals surface area contributed by atoms with E-state index >= 15 is 0 Å². The number of pyridine rings is 1. The summed E-state index contributed by atoms with van der Waals surface area (Å²) in [4.78, 5) is 9.89. The Morgan fingerprint density at radius 2 is 2.37 bits per heavy atom. The van der Waals surface area contributed by atoms with Gasteiger partial charge >= 0.3 is 0 Å². The molecule has 0 aliphatic heterocycles. The average Bonchev–Trinajstić information content (AvgIpc) is 2.38. The zero-order valence-corrected chi connectivity index (χ0v) is 13.0. The van der Waals surface area contributed by atoms with Crippen molar-refractivity contribution >= 4 is 27.9 Å². The third kappa shape index (κ3) is 5.48. The van der Waals surface area contributed by atoms with Crippen LogP contribution in [0.3, 0.4) is 0 Å². The minimum Gasteiger partial charge on any atom is -0.476 e.